The van der Waals surface area contributed by atoms with Crippen molar-refractivity contribution in [3.8, 4) is 0 Å². The highest BCUT2D eigenvalue weighted by Gasteiger charge is 2.10. The van der Waals surface area contributed by atoms with E-state index >= 15 is 0 Å². The smallest absolute Gasteiger partial charge is 0.251 e. The highest BCUT2D eigenvalue weighted by Crippen LogP contribution is 2.16. The first kappa shape index (κ1) is 14.6. The molecular formula is C13H18BrNOS. The molecule has 1 rings (SSSR count). The molecule has 1 N–H and O–H groups in total. The van der Waals surface area contributed by atoms with Crippen LogP contribution < -0.4 is 5.32 Å². The third-order valence-electron chi connectivity index (χ3n) is 2.51. The standard InChI is InChI=1S/C13H18BrNOS/c1-9(8-17-3)7-15-13(16)12-6-11(14)5-4-10(12)2/h4-6,9H,7-8H2,1-3H3,(H,15,16). The summed E-state index contributed by atoms with van der Waals surface area (Å²) >= 11 is 5.19. The number of rotatable bonds is 5. The number of thioether (sulfide) groups is 1. The van der Waals surface area contributed by atoms with Crippen molar-refractivity contribution in [1.29, 1.82) is 0 Å². The van der Waals surface area contributed by atoms with Crippen LogP contribution in [-0.2, 0) is 0 Å². The van der Waals surface area contributed by atoms with E-state index in [0.717, 1.165) is 27.9 Å². The number of amides is 1. The molecule has 0 aromatic heterocycles. The second-order valence-corrected chi connectivity index (χ2v) is 6.06. The Labute approximate surface area is 116 Å². The van der Waals surface area contributed by atoms with Gasteiger partial charge in [-0.1, -0.05) is 28.9 Å². The van der Waals surface area contributed by atoms with Gasteiger partial charge < -0.3 is 5.32 Å². The summed E-state index contributed by atoms with van der Waals surface area (Å²) in [6.45, 7) is 4.82. The van der Waals surface area contributed by atoms with Crippen LogP contribution >= 0.6 is 27.7 Å². The van der Waals surface area contributed by atoms with E-state index in [0.29, 0.717) is 5.92 Å². The van der Waals surface area contributed by atoms with E-state index in [9.17, 15) is 4.79 Å². The lowest BCUT2D eigenvalue weighted by Crippen LogP contribution is -2.29. The zero-order valence-electron chi connectivity index (χ0n) is 10.4. The average Bonchev–Trinajstić information content (AvgIpc) is 2.29. The topological polar surface area (TPSA) is 29.1 Å². The van der Waals surface area contributed by atoms with E-state index in [1.165, 1.54) is 0 Å². The quantitative estimate of drug-likeness (QED) is 0.901. The normalized spacial score (nSPS) is 12.2. The molecule has 2 nitrogen and oxygen atoms in total. The zero-order chi connectivity index (χ0) is 12.8. The Bertz CT molecular complexity index is 395. The van der Waals surface area contributed by atoms with Gasteiger partial charge in [0.1, 0.15) is 0 Å². The van der Waals surface area contributed by atoms with Gasteiger partial charge in [-0.05, 0) is 42.5 Å². The second kappa shape index (κ2) is 7.07. The minimum Gasteiger partial charge on any atom is -0.352 e. The van der Waals surface area contributed by atoms with Crippen molar-refractivity contribution in [3.63, 3.8) is 0 Å². The fourth-order valence-electron chi connectivity index (χ4n) is 1.54. The molecule has 0 aliphatic rings. The van der Waals surface area contributed by atoms with Gasteiger partial charge in [0.2, 0.25) is 0 Å². The molecule has 1 aromatic rings. The lowest BCUT2D eigenvalue weighted by molar-refractivity contribution is 0.0948. The van der Waals surface area contributed by atoms with E-state index in [-0.39, 0.29) is 5.91 Å². The van der Waals surface area contributed by atoms with Crippen LogP contribution in [0.2, 0.25) is 0 Å². The highest BCUT2D eigenvalue weighted by atomic mass is 79.9. The van der Waals surface area contributed by atoms with Gasteiger partial charge >= 0.3 is 0 Å². The Morgan fingerprint density at radius 2 is 2.24 bits per heavy atom. The molecule has 1 aromatic carbocycles. The fraction of sp³-hybridized carbons (Fsp3) is 0.462. The van der Waals surface area contributed by atoms with Gasteiger partial charge in [-0.25, -0.2) is 0 Å². The van der Waals surface area contributed by atoms with Gasteiger partial charge in [-0.15, -0.1) is 0 Å². The SMILES string of the molecule is CSCC(C)CNC(=O)c1cc(Br)ccc1C. The Balaban J connectivity index is 2.61. The monoisotopic (exact) mass is 315 g/mol. The second-order valence-electron chi connectivity index (χ2n) is 4.23. The van der Waals surface area contributed by atoms with E-state index in [1.54, 1.807) is 11.8 Å². The predicted octanol–water partition coefficient (Wildman–Crippen LogP) is 3.49. The first-order valence-electron chi connectivity index (χ1n) is 5.58. The molecule has 1 amide bonds. The molecule has 0 radical (unpaired) electrons. The predicted molar refractivity (Wildman–Crippen MR) is 78.8 cm³/mol. The molecule has 0 heterocycles. The van der Waals surface area contributed by atoms with Gasteiger partial charge in [0.25, 0.3) is 5.91 Å². The number of halogens is 1. The zero-order valence-corrected chi connectivity index (χ0v) is 12.8. The number of aryl methyl sites for hydroxylation is 1. The summed E-state index contributed by atoms with van der Waals surface area (Å²) in [6.07, 6.45) is 2.08. The Hall–Kier alpha value is -0.480. The lowest BCUT2D eigenvalue weighted by atomic mass is 10.1. The van der Waals surface area contributed by atoms with Crippen molar-refractivity contribution in [2.75, 3.05) is 18.6 Å². The average molecular weight is 316 g/mol. The van der Waals surface area contributed by atoms with Crippen LogP contribution in [0.4, 0.5) is 0 Å². The first-order valence-corrected chi connectivity index (χ1v) is 7.76. The molecule has 0 bridgehead atoms. The fourth-order valence-corrected chi connectivity index (χ4v) is 2.59. The molecule has 1 atom stereocenters. The molecule has 0 aliphatic carbocycles. The van der Waals surface area contributed by atoms with Crippen LogP contribution in [0.15, 0.2) is 22.7 Å². The van der Waals surface area contributed by atoms with E-state index < -0.39 is 0 Å². The van der Waals surface area contributed by atoms with Crippen molar-refractivity contribution >= 4 is 33.6 Å². The highest BCUT2D eigenvalue weighted by molar-refractivity contribution is 9.10. The first-order chi connectivity index (χ1) is 8.04. The van der Waals surface area contributed by atoms with Gasteiger partial charge in [-0.3, -0.25) is 4.79 Å². The maximum absolute atomic E-state index is 12.0. The molecule has 4 heteroatoms. The van der Waals surface area contributed by atoms with Crippen LogP contribution in [0.1, 0.15) is 22.8 Å². The third kappa shape index (κ3) is 4.72. The summed E-state index contributed by atoms with van der Waals surface area (Å²) in [4.78, 5) is 12.0. The molecule has 1 unspecified atom stereocenters. The minimum absolute atomic E-state index is 0.0109. The third-order valence-corrected chi connectivity index (χ3v) is 3.90. The van der Waals surface area contributed by atoms with Crippen LogP contribution in [0.5, 0.6) is 0 Å². The summed E-state index contributed by atoms with van der Waals surface area (Å²) in [5.74, 6) is 1.58. The number of nitrogens with one attached hydrogen (secondary N) is 1. The van der Waals surface area contributed by atoms with Crippen LogP contribution in [-0.4, -0.2) is 24.5 Å². The van der Waals surface area contributed by atoms with Crippen molar-refractivity contribution in [3.05, 3.63) is 33.8 Å². The van der Waals surface area contributed by atoms with Gasteiger partial charge in [0.15, 0.2) is 0 Å². The Morgan fingerprint density at radius 3 is 2.88 bits per heavy atom. The lowest BCUT2D eigenvalue weighted by Gasteiger charge is -2.12. The van der Waals surface area contributed by atoms with E-state index in [1.807, 2.05) is 25.1 Å². The van der Waals surface area contributed by atoms with Gasteiger partial charge in [0.05, 0.1) is 0 Å². The summed E-state index contributed by atoms with van der Waals surface area (Å²) < 4.78 is 0.936. The van der Waals surface area contributed by atoms with E-state index in [2.05, 4.69) is 34.4 Å². The Kier molecular flexibility index (Phi) is 6.06. The van der Waals surface area contributed by atoms with Crippen molar-refractivity contribution < 1.29 is 4.79 Å². The number of carbonyl (C=O) groups is 1. The van der Waals surface area contributed by atoms with Crippen LogP contribution in [0.25, 0.3) is 0 Å². The summed E-state index contributed by atoms with van der Waals surface area (Å²) in [5, 5.41) is 2.98. The van der Waals surface area contributed by atoms with Crippen molar-refractivity contribution in [2.24, 2.45) is 5.92 Å². The molecule has 17 heavy (non-hydrogen) atoms. The van der Waals surface area contributed by atoms with Crippen LogP contribution in [0.3, 0.4) is 0 Å². The van der Waals surface area contributed by atoms with Gasteiger partial charge in [-0.2, -0.15) is 11.8 Å². The van der Waals surface area contributed by atoms with Crippen molar-refractivity contribution in [2.45, 2.75) is 13.8 Å². The molecule has 0 fully saturated rings. The molecule has 0 spiro atoms. The summed E-state index contributed by atoms with van der Waals surface area (Å²) in [6, 6.07) is 5.76. The summed E-state index contributed by atoms with van der Waals surface area (Å²) in [5.41, 5.74) is 1.75. The van der Waals surface area contributed by atoms with Crippen LogP contribution in [0, 0.1) is 12.8 Å². The number of hydrogen-bond acceptors (Lipinski definition) is 2. The Morgan fingerprint density at radius 1 is 1.53 bits per heavy atom. The molecular weight excluding hydrogens is 298 g/mol. The maximum atomic E-state index is 12.0. The minimum atomic E-state index is 0.0109. The molecule has 0 saturated heterocycles. The molecule has 94 valence electrons. The van der Waals surface area contributed by atoms with E-state index in [4.69, 9.17) is 0 Å². The molecule has 0 aliphatic heterocycles. The van der Waals surface area contributed by atoms with Crippen molar-refractivity contribution in [1.82, 2.24) is 5.32 Å². The maximum Gasteiger partial charge on any atom is 0.251 e. The number of carbonyl (C=O) groups excluding carboxylic acids is 1. The number of hydrogen-bond donors (Lipinski definition) is 1. The molecule has 0 saturated carbocycles. The number of benzene rings is 1. The van der Waals surface area contributed by atoms with Gasteiger partial charge in [0, 0.05) is 16.6 Å². The largest absolute Gasteiger partial charge is 0.352 e. The summed E-state index contributed by atoms with van der Waals surface area (Å²) in [7, 11) is 0.